The minimum Gasteiger partial charge on any atom is -0.393 e. The first-order valence-corrected chi connectivity index (χ1v) is 10.2. The van der Waals surface area contributed by atoms with E-state index in [1.165, 1.54) is 12.1 Å². The first-order valence-electron chi connectivity index (χ1n) is 10.2. The number of aliphatic hydroxyl groups excluding tert-OH is 1. The van der Waals surface area contributed by atoms with E-state index in [2.05, 4.69) is 4.90 Å². The van der Waals surface area contributed by atoms with Crippen molar-refractivity contribution in [1.82, 2.24) is 4.90 Å². The van der Waals surface area contributed by atoms with Gasteiger partial charge in [-0.1, -0.05) is 0 Å². The van der Waals surface area contributed by atoms with Crippen LogP contribution in [0.1, 0.15) is 50.5 Å². The minimum absolute atomic E-state index is 0.200. The molecule has 154 valence electrons. The summed E-state index contributed by atoms with van der Waals surface area (Å²) in [6.07, 6.45) is 1.14. The highest BCUT2D eigenvalue weighted by atomic mass is 19.4. The number of likely N-dealkylation sites (tertiary alicyclic amines) is 1. The molecule has 2 heterocycles. The van der Waals surface area contributed by atoms with Gasteiger partial charge in [-0.2, -0.15) is 13.2 Å². The average Bonchev–Trinajstić information content (AvgIpc) is 2.98. The van der Waals surface area contributed by atoms with E-state index < -0.39 is 17.2 Å². The van der Waals surface area contributed by atoms with Crippen LogP contribution in [0.25, 0.3) is 0 Å². The molecule has 1 aromatic carbocycles. The number of benzene rings is 1. The fourth-order valence-corrected chi connectivity index (χ4v) is 5.16. The summed E-state index contributed by atoms with van der Waals surface area (Å²) in [5, 5.41) is 9.73. The van der Waals surface area contributed by atoms with Gasteiger partial charge in [0.2, 0.25) is 5.91 Å². The monoisotopic (exact) mass is 396 g/mol. The molecule has 4 nitrogen and oxygen atoms in total. The predicted molar refractivity (Wildman–Crippen MR) is 99.9 cm³/mol. The van der Waals surface area contributed by atoms with Crippen LogP contribution in [0, 0.1) is 5.41 Å². The number of hydrogen-bond donors (Lipinski definition) is 1. The van der Waals surface area contributed by atoms with E-state index in [1.54, 1.807) is 0 Å². The van der Waals surface area contributed by atoms with Gasteiger partial charge in [0.25, 0.3) is 0 Å². The van der Waals surface area contributed by atoms with E-state index in [0.717, 1.165) is 75.9 Å². The summed E-state index contributed by atoms with van der Waals surface area (Å²) in [5.41, 5.74) is -0.318. The Hall–Kier alpha value is -1.76. The number of rotatable bonds is 2. The van der Waals surface area contributed by atoms with Crippen LogP contribution in [0.15, 0.2) is 24.3 Å². The van der Waals surface area contributed by atoms with Crippen molar-refractivity contribution in [3.05, 3.63) is 29.8 Å². The standard InChI is InChI=1S/C21H27F3N2O2/c22-21(23,24)15-2-4-16(5-3-15)25-12-1-10-20(14-25)11-13-26(19(20)28)17-6-8-18(27)9-7-17/h2-5,17-18,27H,1,6-14H2/t17-,18-,20?. The summed E-state index contributed by atoms with van der Waals surface area (Å²) in [6.45, 7) is 2.08. The van der Waals surface area contributed by atoms with Crippen LogP contribution < -0.4 is 4.90 Å². The number of hydrogen-bond acceptors (Lipinski definition) is 3. The number of amides is 1. The van der Waals surface area contributed by atoms with Crippen LogP contribution in [-0.2, 0) is 11.0 Å². The summed E-state index contributed by atoms with van der Waals surface area (Å²) < 4.78 is 38.5. The normalized spacial score (nSPS) is 31.6. The number of aliphatic hydroxyl groups is 1. The van der Waals surface area contributed by atoms with Crippen molar-refractivity contribution in [3.63, 3.8) is 0 Å². The third-order valence-corrected chi connectivity index (χ3v) is 6.79. The zero-order valence-electron chi connectivity index (χ0n) is 15.9. The number of piperidine rings is 1. The van der Waals surface area contributed by atoms with Gasteiger partial charge in [-0.05, 0) is 69.2 Å². The average molecular weight is 396 g/mol. The smallest absolute Gasteiger partial charge is 0.393 e. The maximum absolute atomic E-state index is 13.3. The molecule has 28 heavy (non-hydrogen) atoms. The van der Waals surface area contributed by atoms with Crippen molar-refractivity contribution in [2.45, 2.75) is 63.3 Å². The van der Waals surface area contributed by atoms with Gasteiger partial charge in [0.1, 0.15) is 0 Å². The number of anilines is 1. The van der Waals surface area contributed by atoms with E-state index in [1.807, 2.05) is 4.90 Å². The van der Waals surface area contributed by atoms with E-state index in [9.17, 15) is 23.1 Å². The van der Waals surface area contributed by atoms with Crippen molar-refractivity contribution in [2.75, 3.05) is 24.5 Å². The lowest BCUT2D eigenvalue weighted by molar-refractivity contribution is -0.139. The van der Waals surface area contributed by atoms with Crippen LogP contribution in [-0.4, -0.2) is 47.7 Å². The number of halogens is 3. The summed E-state index contributed by atoms with van der Waals surface area (Å²) in [5.74, 6) is 0.200. The molecule has 1 aliphatic carbocycles. The van der Waals surface area contributed by atoms with Crippen molar-refractivity contribution in [3.8, 4) is 0 Å². The molecule has 3 aliphatic rings. The molecule has 1 unspecified atom stereocenters. The van der Waals surface area contributed by atoms with Gasteiger partial charge in [-0.3, -0.25) is 4.79 Å². The van der Waals surface area contributed by atoms with Crippen molar-refractivity contribution in [2.24, 2.45) is 5.41 Å². The lowest BCUT2D eigenvalue weighted by Crippen LogP contribution is -2.50. The first kappa shape index (κ1) is 19.6. The molecule has 1 saturated carbocycles. The Balaban J connectivity index is 1.47. The predicted octanol–water partition coefficient (Wildman–Crippen LogP) is 3.83. The molecule has 2 aliphatic heterocycles. The van der Waals surface area contributed by atoms with Crippen LogP contribution in [0.5, 0.6) is 0 Å². The molecule has 0 aromatic heterocycles. The van der Waals surface area contributed by atoms with Crippen molar-refractivity contribution >= 4 is 11.6 Å². The summed E-state index contributed by atoms with van der Waals surface area (Å²) >= 11 is 0. The van der Waals surface area contributed by atoms with Crippen LogP contribution >= 0.6 is 0 Å². The molecule has 1 atom stereocenters. The zero-order chi connectivity index (χ0) is 19.9. The molecule has 4 rings (SSSR count). The van der Waals surface area contributed by atoms with Gasteiger partial charge < -0.3 is 14.9 Å². The molecule has 1 spiro atoms. The lowest BCUT2D eigenvalue weighted by atomic mass is 9.78. The Morgan fingerprint density at radius 2 is 1.68 bits per heavy atom. The highest BCUT2D eigenvalue weighted by Crippen LogP contribution is 2.43. The highest BCUT2D eigenvalue weighted by molar-refractivity contribution is 5.86. The fourth-order valence-electron chi connectivity index (χ4n) is 5.16. The second kappa shape index (κ2) is 7.25. The summed E-state index contributed by atoms with van der Waals surface area (Å²) in [6, 6.07) is 5.49. The first-order chi connectivity index (χ1) is 13.3. The molecular weight excluding hydrogens is 369 g/mol. The topological polar surface area (TPSA) is 43.8 Å². The Labute approximate surface area is 163 Å². The second-order valence-electron chi connectivity index (χ2n) is 8.56. The maximum atomic E-state index is 13.3. The van der Waals surface area contributed by atoms with Crippen molar-refractivity contribution < 1.29 is 23.1 Å². The number of carbonyl (C=O) groups excluding carboxylic acids is 1. The Morgan fingerprint density at radius 3 is 2.32 bits per heavy atom. The van der Waals surface area contributed by atoms with Gasteiger partial charge in [0.05, 0.1) is 17.1 Å². The molecule has 1 N–H and O–H groups in total. The molecule has 7 heteroatoms. The molecular formula is C21H27F3N2O2. The maximum Gasteiger partial charge on any atom is 0.416 e. The summed E-state index contributed by atoms with van der Waals surface area (Å²) in [7, 11) is 0. The Morgan fingerprint density at radius 1 is 1.00 bits per heavy atom. The third kappa shape index (κ3) is 3.61. The molecule has 0 bridgehead atoms. The van der Waals surface area contributed by atoms with Gasteiger partial charge in [-0.25, -0.2) is 0 Å². The van der Waals surface area contributed by atoms with Gasteiger partial charge in [-0.15, -0.1) is 0 Å². The largest absolute Gasteiger partial charge is 0.416 e. The second-order valence-corrected chi connectivity index (χ2v) is 8.56. The highest BCUT2D eigenvalue weighted by Gasteiger charge is 2.50. The number of carbonyl (C=O) groups is 1. The fraction of sp³-hybridized carbons (Fsp3) is 0.667. The van der Waals surface area contributed by atoms with Gasteiger partial charge >= 0.3 is 6.18 Å². The molecule has 1 aromatic rings. The van der Waals surface area contributed by atoms with Gasteiger partial charge in [0, 0.05) is 31.4 Å². The van der Waals surface area contributed by atoms with Crippen LogP contribution in [0.2, 0.25) is 0 Å². The molecule has 0 radical (unpaired) electrons. The lowest BCUT2D eigenvalue weighted by Gasteiger charge is -2.41. The van der Waals surface area contributed by atoms with E-state index in [-0.39, 0.29) is 18.1 Å². The number of nitrogens with zero attached hydrogens (tertiary/aromatic N) is 2. The minimum atomic E-state index is -4.34. The van der Waals surface area contributed by atoms with E-state index in [4.69, 9.17) is 0 Å². The van der Waals surface area contributed by atoms with E-state index in [0.29, 0.717) is 6.54 Å². The van der Waals surface area contributed by atoms with Crippen LogP contribution in [0.4, 0.5) is 18.9 Å². The number of alkyl halides is 3. The quantitative estimate of drug-likeness (QED) is 0.826. The molecule has 2 saturated heterocycles. The van der Waals surface area contributed by atoms with Crippen molar-refractivity contribution in [1.29, 1.82) is 0 Å². The van der Waals surface area contributed by atoms with Crippen LogP contribution in [0.3, 0.4) is 0 Å². The summed E-state index contributed by atoms with van der Waals surface area (Å²) in [4.78, 5) is 17.4. The Kier molecular flexibility index (Phi) is 5.06. The molecule has 3 fully saturated rings. The Bertz CT molecular complexity index is 713. The van der Waals surface area contributed by atoms with Gasteiger partial charge in [0.15, 0.2) is 0 Å². The van der Waals surface area contributed by atoms with E-state index >= 15 is 0 Å². The molecule has 1 amide bonds. The SMILES string of the molecule is O=C1N([C@H]2CC[C@H](O)CC2)CCC12CCCN(c1ccc(C(F)(F)F)cc1)C2. The third-order valence-electron chi connectivity index (χ3n) is 6.79. The zero-order valence-corrected chi connectivity index (χ0v) is 15.9.